The fourth-order valence-corrected chi connectivity index (χ4v) is 1.39. The Bertz CT molecular complexity index is 504. The molecule has 1 aromatic heterocycles. The Labute approximate surface area is 96.3 Å². The first-order valence-electron chi connectivity index (χ1n) is 5.06. The monoisotopic (exact) mass is 242 g/mol. The molecular weight excluding hydrogens is 228 g/mol. The number of H-pyrrole nitrogens is 2. The van der Waals surface area contributed by atoms with Crippen LogP contribution in [0.15, 0.2) is 9.59 Å². The molecule has 3 N–H and O–H groups in total. The Balaban J connectivity index is 3.07. The van der Waals surface area contributed by atoms with Crippen molar-refractivity contribution in [2.75, 3.05) is 18.0 Å². The van der Waals surface area contributed by atoms with Crippen molar-refractivity contribution in [3.8, 4) is 0 Å². The summed E-state index contributed by atoms with van der Waals surface area (Å²) >= 11 is 0. The number of carboxylic acid groups (broad SMARTS) is 1. The Hall–Kier alpha value is -2.12. The average Bonchev–Trinajstić information content (AvgIpc) is 2.14. The van der Waals surface area contributed by atoms with Crippen LogP contribution in [0.2, 0.25) is 0 Å². The number of hydrogen-bond donors (Lipinski definition) is 3. The van der Waals surface area contributed by atoms with Gasteiger partial charge in [0.1, 0.15) is 6.54 Å². The topological polar surface area (TPSA) is 119 Å². The van der Waals surface area contributed by atoms with Gasteiger partial charge in [0.15, 0.2) is 0 Å². The molecule has 1 aromatic rings. The summed E-state index contributed by atoms with van der Waals surface area (Å²) in [6.07, 6.45) is 0. The molecule has 0 aliphatic carbocycles. The van der Waals surface area contributed by atoms with E-state index in [2.05, 4.69) is 10.2 Å². The van der Waals surface area contributed by atoms with Gasteiger partial charge in [-0.1, -0.05) is 13.8 Å². The highest BCUT2D eigenvalue weighted by molar-refractivity contribution is 5.72. The number of anilines is 1. The number of hydrogen-bond acceptors (Lipinski definition) is 5. The van der Waals surface area contributed by atoms with Gasteiger partial charge >= 0.3 is 11.7 Å². The summed E-state index contributed by atoms with van der Waals surface area (Å²) < 4.78 is 0. The van der Waals surface area contributed by atoms with E-state index in [1.165, 1.54) is 4.90 Å². The van der Waals surface area contributed by atoms with Gasteiger partial charge in [0, 0.05) is 6.54 Å². The highest BCUT2D eigenvalue weighted by atomic mass is 16.4. The Morgan fingerprint density at radius 3 is 2.59 bits per heavy atom. The zero-order valence-corrected chi connectivity index (χ0v) is 9.56. The van der Waals surface area contributed by atoms with Crippen LogP contribution in [0, 0.1) is 5.92 Å². The van der Waals surface area contributed by atoms with Crippen LogP contribution in [0.3, 0.4) is 0 Å². The van der Waals surface area contributed by atoms with E-state index in [1.807, 2.05) is 18.8 Å². The molecule has 0 atom stereocenters. The summed E-state index contributed by atoms with van der Waals surface area (Å²) in [5.74, 6) is -1.01. The third-order valence-electron chi connectivity index (χ3n) is 1.90. The second kappa shape index (κ2) is 5.28. The average molecular weight is 242 g/mol. The second-order valence-electron chi connectivity index (χ2n) is 4.00. The van der Waals surface area contributed by atoms with Gasteiger partial charge in [-0.2, -0.15) is 0 Å². The third kappa shape index (κ3) is 3.74. The Morgan fingerprint density at radius 1 is 1.47 bits per heavy atom. The van der Waals surface area contributed by atoms with Gasteiger partial charge in [0.05, 0.1) is 0 Å². The normalized spacial score (nSPS) is 10.5. The van der Waals surface area contributed by atoms with Gasteiger partial charge in [-0.05, 0) is 5.92 Å². The molecule has 0 aromatic carbocycles. The molecule has 1 rings (SSSR count). The van der Waals surface area contributed by atoms with Gasteiger partial charge in [0.25, 0.3) is 5.56 Å². The van der Waals surface area contributed by atoms with E-state index in [0.717, 1.165) is 0 Å². The number of carboxylic acids is 1. The summed E-state index contributed by atoms with van der Waals surface area (Å²) in [6, 6.07) is 0. The van der Waals surface area contributed by atoms with E-state index in [-0.39, 0.29) is 18.3 Å². The standard InChI is InChI=1S/C9H14N4O4/c1-5(2)3-13(4-6(14)15)7-8(16)10-9(17)12-11-7/h5H,3-4H2,1-2H3,(H,14,15)(H2,10,12,16,17). The molecule has 0 radical (unpaired) electrons. The number of aromatic amines is 2. The SMILES string of the molecule is CC(C)CN(CC(=O)O)c1n[nH]c(=O)[nH]c1=O. The predicted molar refractivity (Wildman–Crippen MR) is 60.2 cm³/mol. The largest absolute Gasteiger partial charge is 0.480 e. The van der Waals surface area contributed by atoms with Crippen LogP contribution in [0.25, 0.3) is 0 Å². The van der Waals surface area contributed by atoms with Crippen molar-refractivity contribution in [3.05, 3.63) is 20.8 Å². The fourth-order valence-electron chi connectivity index (χ4n) is 1.39. The smallest absolute Gasteiger partial charge is 0.342 e. The summed E-state index contributed by atoms with van der Waals surface area (Å²) in [5, 5.41) is 14.4. The fraction of sp³-hybridized carbons (Fsp3) is 0.556. The van der Waals surface area contributed by atoms with Crippen molar-refractivity contribution in [3.63, 3.8) is 0 Å². The van der Waals surface area contributed by atoms with Crippen LogP contribution in [0.4, 0.5) is 5.82 Å². The minimum absolute atomic E-state index is 0.0966. The Morgan fingerprint density at radius 2 is 2.12 bits per heavy atom. The molecule has 94 valence electrons. The lowest BCUT2D eigenvalue weighted by Gasteiger charge is -2.21. The van der Waals surface area contributed by atoms with Gasteiger partial charge in [-0.15, -0.1) is 5.10 Å². The van der Waals surface area contributed by atoms with Gasteiger partial charge in [-0.3, -0.25) is 14.6 Å². The molecular formula is C9H14N4O4. The van der Waals surface area contributed by atoms with Crippen molar-refractivity contribution in [2.45, 2.75) is 13.8 Å². The molecule has 0 aliphatic heterocycles. The Kier molecular flexibility index (Phi) is 4.02. The maximum absolute atomic E-state index is 11.5. The summed E-state index contributed by atoms with van der Waals surface area (Å²) in [7, 11) is 0. The molecule has 17 heavy (non-hydrogen) atoms. The molecule has 0 aliphatic rings. The van der Waals surface area contributed by atoms with Crippen LogP contribution in [0.5, 0.6) is 0 Å². The first kappa shape index (κ1) is 12.9. The molecule has 0 unspecified atom stereocenters. The lowest BCUT2D eigenvalue weighted by Crippen LogP contribution is -2.39. The molecule has 8 heteroatoms. The van der Waals surface area contributed by atoms with Gasteiger partial charge in [0.2, 0.25) is 5.82 Å². The first-order valence-corrected chi connectivity index (χ1v) is 5.06. The van der Waals surface area contributed by atoms with E-state index in [1.54, 1.807) is 0 Å². The zero-order chi connectivity index (χ0) is 13.0. The molecule has 0 saturated heterocycles. The molecule has 0 spiro atoms. The van der Waals surface area contributed by atoms with Crippen molar-refractivity contribution in [1.82, 2.24) is 15.2 Å². The van der Waals surface area contributed by atoms with Crippen molar-refractivity contribution >= 4 is 11.8 Å². The maximum Gasteiger partial charge on any atom is 0.342 e. The second-order valence-corrected chi connectivity index (χ2v) is 4.00. The molecule has 0 bridgehead atoms. The predicted octanol–water partition coefficient (Wildman–Crippen LogP) is -0.995. The molecule has 0 fully saturated rings. The van der Waals surface area contributed by atoms with E-state index < -0.39 is 17.2 Å². The van der Waals surface area contributed by atoms with E-state index >= 15 is 0 Å². The zero-order valence-electron chi connectivity index (χ0n) is 9.56. The first-order chi connectivity index (χ1) is 7.90. The molecule has 0 amide bonds. The van der Waals surface area contributed by atoms with Crippen molar-refractivity contribution in [2.24, 2.45) is 5.92 Å². The van der Waals surface area contributed by atoms with Crippen LogP contribution in [0.1, 0.15) is 13.8 Å². The molecule has 8 nitrogen and oxygen atoms in total. The minimum Gasteiger partial charge on any atom is -0.480 e. The highest BCUT2D eigenvalue weighted by Gasteiger charge is 2.17. The minimum atomic E-state index is -1.07. The van der Waals surface area contributed by atoms with E-state index in [4.69, 9.17) is 5.11 Å². The van der Waals surface area contributed by atoms with Crippen molar-refractivity contribution < 1.29 is 9.90 Å². The van der Waals surface area contributed by atoms with Crippen LogP contribution in [-0.2, 0) is 4.79 Å². The molecule has 1 heterocycles. The third-order valence-corrected chi connectivity index (χ3v) is 1.90. The summed E-state index contributed by atoms with van der Waals surface area (Å²) in [6.45, 7) is 3.78. The summed E-state index contributed by atoms with van der Waals surface area (Å²) in [4.78, 5) is 36.3. The number of aromatic nitrogens is 3. The lowest BCUT2D eigenvalue weighted by molar-refractivity contribution is -0.135. The quantitative estimate of drug-likeness (QED) is 0.609. The number of aliphatic carboxylic acids is 1. The van der Waals surface area contributed by atoms with Crippen LogP contribution < -0.4 is 16.1 Å². The number of nitrogens with one attached hydrogen (secondary N) is 2. The van der Waals surface area contributed by atoms with Gasteiger partial charge < -0.3 is 10.0 Å². The number of rotatable bonds is 5. The van der Waals surface area contributed by atoms with E-state index in [0.29, 0.717) is 6.54 Å². The van der Waals surface area contributed by atoms with Crippen LogP contribution >= 0.6 is 0 Å². The number of nitrogens with zero attached hydrogens (tertiary/aromatic N) is 2. The lowest BCUT2D eigenvalue weighted by atomic mass is 10.2. The van der Waals surface area contributed by atoms with Crippen LogP contribution in [-0.4, -0.2) is 39.3 Å². The highest BCUT2D eigenvalue weighted by Crippen LogP contribution is 2.05. The van der Waals surface area contributed by atoms with Crippen molar-refractivity contribution in [1.29, 1.82) is 0 Å². The molecule has 0 saturated carbocycles. The number of carbonyl (C=O) groups is 1. The van der Waals surface area contributed by atoms with E-state index in [9.17, 15) is 14.4 Å². The van der Waals surface area contributed by atoms with Gasteiger partial charge in [-0.25, -0.2) is 9.89 Å². The maximum atomic E-state index is 11.5. The summed E-state index contributed by atoms with van der Waals surface area (Å²) in [5.41, 5.74) is -1.42.